The van der Waals surface area contributed by atoms with Crippen molar-refractivity contribution in [2.45, 2.75) is 122 Å². The number of aliphatic hydroxyl groups excluding tert-OH is 2. The third kappa shape index (κ3) is 13.5. The lowest BCUT2D eigenvalue weighted by molar-refractivity contribution is -0.144. The average molecular weight is 951 g/mol. The van der Waals surface area contributed by atoms with Crippen LogP contribution in [0.5, 0.6) is 0 Å². The molecule has 3 aliphatic rings. The van der Waals surface area contributed by atoms with Crippen molar-refractivity contribution >= 4 is 46.7 Å². The van der Waals surface area contributed by atoms with Gasteiger partial charge in [0, 0.05) is 77.7 Å². The van der Waals surface area contributed by atoms with Crippen molar-refractivity contribution in [3.05, 3.63) is 94.5 Å². The summed E-state index contributed by atoms with van der Waals surface area (Å²) in [6.45, 7) is 11.0. The smallest absolute Gasteiger partial charge is 0.270 e. The predicted molar refractivity (Wildman–Crippen MR) is 259 cm³/mol. The number of aromatic nitrogens is 3. The van der Waals surface area contributed by atoms with Crippen molar-refractivity contribution in [1.29, 1.82) is 0 Å². The van der Waals surface area contributed by atoms with Gasteiger partial charge in [-0.05, 0) is 53.9 Å². The van der Waals surface area contributed by atoms with E-state index in [-0.39, 0.29) is 61.9 Å². The van der Waals surface area contributed by atoms with Crippen LogP contribution in [0.1, 0.15) is 98.6 Å². The number of nitrogens with zero attached hydrogens (tertiary/aromatic N) is 6. The van der Waals surface area contributed by atoms with Gasteiger partial charge in [-0.1, -0.05) is 82.1 Å². The maximum atomic E-state index is 14.0. The normalized spacial score (nSPS) is 18.3. The van der Waals surface area contributed by atoms with Gasteiger partial charge in [-0.3, -0.25) is 28.9 Å². The highest BCUT2D eigenvalue weighted by molar-refractivity contribution is 7.13. The summed E-state index contributed by atoms with van der Waals surface area (Å²) in [7, 11) is 0. The first-order valence-corrected chi connectivity index (χ1v) is 24.7. The number of unbranched alkanes of at least 4 members (excludes halogenated alkanes) is 3. The Hall–Kier alpha value is -5.82. The molecule has 0 saturated carbocycles. The molecule has 3 aliphatic heterocycles. The summed E-state index contributed by atoms with van der Waals surface area (Å²) in [5.41, 5.74) is 6.86. The Morgan fingerprint density at radius 3 is 2.35 bits per heavy atom. The molecule has 0 bridgehead atoms. The Balaban J connectivity index is 0.763. The molecule has 0 unspecified atom stereocenters. The number of nitrogens with one attached hydrogen (secondary N) is 4. The second-order valence-corrected chi connectivity index (χ2v) is 20.3. The first-order chi connectivity index (χ1) is 32.6. The highest BCUT2D eigenvalue weighted by Gasteiger charge is 2.44. The van der Waals surface area contributed by atoms with Gasteiger partial charge in [-0.15, -0.1) is 11.3 Å². The fourth-order valence-electron chi connectivity index (χ4n) is 9.00. The number of β-amino-alcohol motifs (C(OH)–C–C–N with tert-alkyl or cyclic N) is 2. The van der Waals surface area contributed by atoms with E-state index in [1.54, 1.807) is 22.3 Å². The van der Waals surface area contributed by atoms with E-state index in [4.69, 9.17) is 0 Å². The Morgan fingerprint density at radius 2 is 1.63 bits per heavy atom. The van der Waals surface area contributed by atoms with E-state index in [2.05, 4.69) is 53.3 Å². The molecule has 0 spiro atoms. The number of thiazole rings is 1. The summed E-state index contributed by atoms with van der Waals surface area (Å²) in [5.74, 6) is -0.892. The Morgan fingerprint density at radius 1 is 0.897 bits per heavy atom. The van der Waals surface area contributed by atoms with Crippen molar-refractivity contribution < 1.29 is 34.2 Å². The topological polar surface area (TPSA) is 222 Å². The van der Waals surface area contributed by atoms with Gasteiger partial charge in [0.25, 0.3) is 5.91 Å². The molecular weight excluding hydrogens is 885 g/mol. The van der Waals surface area contributed by atoms with Crippen molar-refractivity contribution in [1.82, 2.24) is 45.6 Å². The van der Waals surface area contributed by atoms with Gasteiger partial charge in [0.1, 0.15) is 29.9 Å². The first kappa shape index (κ1) is 50.1. The van der Waals surface area contributed by atoms with Crippen LogP contribution in [0, 0.1) is 12.3 Å². The number of fused-ring (bicyclic) bond motifs is 1. The van der Waals surface area contributed by atoms with Crippen LogP contribution in [-0.2, 0) is 38.7 Å². The van der Waals surface area contributed by atoms with Crippen molar-refractivity contribution in [2.75, 3.05) is 44.6 Å². The van der Waals surface area contributed by atoms with Gasteiger partial charge in [-0.2, -0.15) is 0 Å². The Bertz CT molecular complexity index is 2380. The summed E-state index contributed by atoms with van der Waals surface area (Å²) in [6, 6.07) is 16.0. The van der Waals surface area contributed by atoms with Crippen LogP contribution in [-0.4, -0.2) is 139 Å². The monoisotopic (exact) mass is 950 g/mol. The molecule has 17 nitrogen and oxygen atoms in total. The zero-order chi connectivity index (χ0) is 48.4. The summed E-state index contributed by atoms with van der Waals surface area (Å²) in [4.78, 5) is 85.6. The fourth-order valence-corrected chi connectivity index (χ4v) is 9.82. The third-order valence-electron chi connectivity index (χ3n) is 12.9. The predicted octanol–water partition coefficient (Wildman–Crippen LogP) is 3.83. The van der Waals surface area contributed by atoms with Crippen molar-refractivity contribution in [2.24, 2.45) is 5.41 Å². The van der Waals surface area contributed by atoms with Gasteiger partial charge < -0.3 is 41.3 Å². The van der Waals surface area contributed by atoms with Crippen LogP contribution in [0.4, 0.5) is 5.82 Å². The van der Waals surface area contributed by atoms with Crippen LogP contribution < -0.4 is 21.3 Å². The molecule has 5 heterocycles. The lowest BCUT2D eigenvalue weighted by Gasteiger charge is -2.40. The SMILES string of the molecule is Cc1ncsc1-c1ccc(CNC(=O)[C@@H]2C[C@@H](O)CN2C(=O)[C@@H](NC(=O)CCCCCCC(=O)N2CC(Nc3cc(C(=O)NC[C@H](O)CN4CCc5ccccc5C4)ncn3)C2)C(C)(C)C)cc1. The number of hydrogen-bond donors (Lipinski definition) is 6. The molecule has 4 aromatic rings. The molecule has 6 N–H and O–H groups in total. The number of rotatable bonds is 20. The summed E-state index contributed by atoms with van der Waals surface area (Å²) >= 11 is 1.57. The molecule has 364 valence electrons. The molecule has 4 atom stereocenters. The molecular formula is C50H66N10O7S. The molecule has 2 fully saturated rings. The fraction of sp³-hybridized carbons (Fsp3) is 0.520. The van der Waals surface area contributed by atoms with E-state index in [1.165, 1.54) is 22.4 Å². The van der Waals surface area contributed by atoms with Gasteiger partial charge in [0.2, 0.25) is 23.6 Å². The Labute approximate surface area is 402 Å². The quantitative estimate of drug-likeness (QED) is 0.0697. The molecule has 68 heavy (non-hydrogen) atoms. The Kier molecular flexibility index (Phi) is 16.9. The van der Waals surface area contributed by atoms with E-state index in [1.807, 2.05) is 69.6 Å². The van der Waals surface area contributed by atoms with Crippen LogP contribution in [0.3, 0.4) is 0 Å². The number of benzene rings is 2. The number of amides is 5. The molecule has 5 amide bonds. The van der Waals surface area contributed by atoms with Crippen LogP contribution in [0.2, 0.25) is 0 Å². The molecule has 2 saturated heterocycles. The third-order valence-corrected chi connectivity index (χ3v) is 13.9. The van der Waals surface area contributed by atoms with E-state index >= 15 is 0 Å². The lowest BCUT2D eigenvalue weighted by Crippen LogP contribution is -2.57. The van der Waals surface area contributed by atoms with Crippen molar-refractivity contribution in [3.63, 3.8) is 0 Å². The largest absolute Gasteiger partial charge is 0.391 e. The van der Waals surface area contributed by atoms with Gasteiger partial charge >= 0.3 is 0 Å². The number of anilines is 1. The second-order valence-electron chi connectivity index (χ2n) is 19.4. The molecule has 18 heteroatoms. The second kappa shape index (κ2) is 23.0. The van der Waals surface area contributed by atoms with Crippen LogP contribution in [0.15, 0.2) is 66.4 Å². The van der Waals surface area contributed by atoms with E-state index < -0.39 is 41.5 Å². The molecule has 7 rings (SSSR count). The summed E-state index contributed by atoms with van der Waals surface area (Å²) in [5, 5.41) is 33.1. The van der Waals surface area contributed by atoms with Gasteiger partial charge in [0.15, 0.2) is 0 Å². The number of aryl methyl sites for hydroxylation is 1. The minimum Gasteiger partial charge on any atom is -0.391 e. The van der Waals surface area contributed by atoms with Crippen LogP contribution >= 0.6 is 11.3 Å². The van der Waals surface area contributed by atoms with Crippen molar-refractivity contribution in [3.8, 4) is 10.4 Å². The zero-order valence-electron chi connectivity index (χ0n) is 39.6. The molecule has 2 aromatic carbocycles. The number of aliphatic hydroxyl groups is 2. The first-order valence-electron chi connectivity index (χ1n) is 23.8. The van der Waals surface area contributed by atoms with Gasteiger partial charge in [-0.25, -0.2) is 15.0 Å². The maximum Gasteiger partial charge on any atom is 0.270 e. The number of likely N-dealkylation sites (tertiary alicyclic amines) is 2. The highest BCUT2D eigenvalue weighted by Crippen LogP contribution is 2.29. The zero-order valence-corrected chi connectivity index (χ0v) is 40.4. The number of carbonyl (C=O) groups is 5. The minimum atomic E-state index is -0.902. The summed E-state index contributed by atoms with van der Waals surface area (Å²) in [6.07, 6.45) is 4.16. The van der Waals surface area contributed by atoms with Gasteiger partial charge in [0.05, 0.1) is 34.3 Å². The minimum absolute atomic E-state index is 0.00207. The van der Waals surface area contributed by atoms with E-state index in [0.717, 1.165) is 54.0 Å². The molecule has 0 radical (unpaired) electrons. The van der Waals surface area contributed by atoms with E-state index in [0.29, 0.717) is 44.7 Å². The molecule has 0 aliphatic carbocycles. The lowest BCUT2D eigenvalue weighted by atomic mass is 9.85. The summed E-state index contributed by atoms with van der Waals surface area (Å²) < 4.78 is 0. The highest BCUT2D eigenvalue weighted by atomic mass is 32.1. The standard InChI is InChI=1S/C50H66N10O7S/c1-32-45(68-31-55-32)35-17-15-33(16-18-35)23-51-48(66)41-21-38(61)29-60(41)49(67)46(50(2,3)4)57-43(63)13-7-5-6-8-14-44(64)59-26-37(27-59)56-42-22-40(53-30-54-42)47(65)52-24-39(62)28-58-20-19-34-11-9-10-12-36(34)25-58/h9-12,15-18,22,30-31,37-39,41,46,61-62H,5-8,13-14,19-21,23-29H2,1-4H3,(H,51,66)(H,52,65)(H,57,63)(H,53,54,56)/t38-,39+,41+,46-/m1/s1. The number of carbonyl (C=O) groups excluding carboxylic acids is 5. The van der Waals surface area contributed by atoms with E-state index in [9.17, 15) is 34.2 Å². The average Bonchev–Trinajstić information content (AvgIpc) is 3.93. The number of hydrogen-bond acceptors (Lipinski definition) is 13. The maximum absolute atomic E-state index is 14.0. The van der Waals surface area contributed by atoms with Crippen LogP contribution in [0.25, 0.3) is 10.4 Å². The molecule has 2 aromatic heterocycles.